The summed E-state index contributed by atoms with van der Waals surface area (Å²) >= 11 is 0. The number of benzene rings is 1. The quantitative estimate of drug-likeness (QED) is 0.868. The van der Waals surface area contributed by atoms with Gasteiger partial charge in [-0.2, -0.15) is 5.10 Å². The molecule has 1 aliphatic heterocycles. The highest BCUT2D eigenvalue weighted by atomic mass is 32.2. The van der Waals surface area contributed by atoms with Crippen molar-refractivity contribution in [2.75, 3.05) is 13.2 Å². The molecule has 0 aliphatic carbocycles. The van der Waals surface area contributed by atoms with Crippen LogP contribution in [0.1, 0.15) is 35.6 Å². The summed E-state index contributed by atoms with van der Waals surface area (Å²) < 4.78 is 34.0. The van der Waals surface area contributed by atoms with Crippen LogP contribution in [0.15, 0.2) is 35.5 Å². The van der Waals surface area contributed by atoms with Crippen LogP contribution < -0.4 is 4.72 Å². The Kier molecular flexibility index (Phi) is 5.03. The first kappa shape index (κ1) is 17.1. The zero-order chi connectivity index (χ0) is 17.2. The van der Waals surface area contributed by atoms with Crippen LogP contribution in [0.2, 0.25) is 0 Å². The lowest BCUT2D eigenvalue weighted by atomic mass is 9.91. The Morgan fingerprint density at radius 3 is 2.96 bits per heavy atom. The molecule has 0 unspecified atom stereocenters. The van der Waals surface area contributed by atoms with Crippen molar-refractivity contribution in [3.63, 3.8) is 0 Å². The molecule has 1 saturated heterocycles. The highest BCUT2D eigenvalue weighted by molar-refractivity contribution is 7.89. The fourth-order valence-corrected chi connectivity index (χ4v) is 4.55. The molecule has 1 fully saturated rings. The molecule has 0 bridgehead atoms. The Bertz CT molecular complexity index is 787. The van der Waals surface area contributed by atoms with E-state index in [4.69, 9.17) is 4.74 Å². The second-order valence-corrected chi connectivity index (χ2v) is 8.08. The summed E-state index contributed by atoms with van der Waals surface area (Å²) in [5.74, 6) is 0.0937. The number of nitrogens with one attached hydrogen (secondary N) is 2. The molecule has 1 aromatic heterocycles. The van der Waals surface area contributed by atoms with Gasteiger partial charge in [-0.15, -0.1) is 0 Å². The van der Waals surface area contributed by atoms with E-state index in [-0.39, 0.29) is 12.0 Å². The van der Waals surface area contributed by atoms with Gasteiger partial charge in [0.05, 0.1) is 17.2 Å². The topological polar surface area (TPSA) is 84.1 Å². The third-order valence-corrected chi connectivity index (χ3v) is 6.03. The molecule has 1 aliphatic rings. The van der Waals surface area contributed by atoms with Crippen LogP contribution in [-0.2, 0) is 14.8 Å². The molecular weight excluding hydrogens is 326 g/mol. The zero-order valence-corrected chi connectivity index (χ0v) is 14.8. The minimum absolute atomic E-state index is 0.0937. The lowest BCUT2D eigenvalue weighted by Crippen LogP contribution is -2.35. The molecule has 2 aromatic rings. The van der Waals surface area contributed by atoms with Gasteiger partial charge in [0.25, 0.3) is 0 Å². The Hall–Kier alpha value is -1.70. The van der Waals surface area contributed by atoms with Crippen molar-refractivity contribution in [2.24, 2.45) is 5.92 Å². The minimum Gasteiger partial charge on any atom is -0.373 e. The normalized spacial score (nSPS) is 21.8. The summed E-state index contributed by atoms with van der Waals surface area (Å²) in [7, 11) is -3.53. The molecule has 0 amide bonds. The molecule has 3 rings (SSSR count). The maximum absolute atomic E-state index is 12.7. The number of sulfonamides is 1. The average molecular weight is 349 g/mol. The Morgan fingerprint density at radius 1 is 1.38 bits per heavy atom. The van der Waals surface area contributed by atoms with Crippen LogP contribution >= 0.6 is 0 Å². The van der Waals surface area contributed by atoms with E-state index in [1.165, 1.54) is 0 Å². The molecule has 130 valence electrons. The third-order valence-electron chi connectivity index (χ3n) is 4.46. The first-order chi connectivity index (χ1) is 11.5. The Morgan fingerprint density at radius 2 is 2.21 bits per heavy atom. The fourth-order valence-electron chi connectivity index (χ4n) is 3.13. The number of ether oxygens (including phenoxy) is 1. The van der Waals surface area contributed by atoms with Crippen LogP contribution in [0.4, 0.5) is 0 Å². The van der Waals surface area contributed by atoms with Gasteiger partial charge in [0.15, 0.2) is 0 Å². The van der Waals surface area contributed by atoms with Crippen LogP contribution in [0.25, 0.3) is 0 Å². The molecule has 2 N–H and O–H groups in total. The van der Waals surface area contributed by atoms with E-state index in [0.717, 1.165) is 29.5 Å². The maximum Gasteiger partial charge on any atom is 0.240 e. The largest absolute Gasteiger partial charge is 0.373 e. The van der Waals surface area contributed by atoms with Gasteiger partial charge in [-0.3, -0.25) is 5.10 Å². The van der Waals surface area contributed by atoms with Gasteiger partial charge in [0, 0.05) is 30.8 Å². The van der Waals surface area contributed by atoms with Crippen LogP contribution in [0.5, 0.6) is 0 Å². The van der Waals surface area contributed by atoms with Gasteiger partial charge in [-0.25, -0.2) is 13.1 Å². The summed E-state index contributed by atoms with van der Waals surface area (Å²) in [4.78, 5) is 0.346. The van der Waals surface area contributed by atoms with E-state index in [9.17, 15) is 8.42 Å². The summed E-state index contributed by atoms with van der Waals surface area (Å²) in [5, 5.41) is 6.76. The molecule has 2 heterocycles. The van der Waals surface area contributed by atoms with Gasteiger partial charge in [0.1, 0.15) is 0 Å². The van der Waals surface area contributed by atoms with E-state index in [2.05, 4.69) is 14.9 Å². The van der Waals surface area contributed by atoms with E-state index in [1.807, 2.05) is 32.2 Å². The standard InChI is InChI=1S/C17H23N3O3S/c1-12-5-6-13(2)16(8-12)24(21,22)20-11-14-4-3-7-23-17(14)15-9-18-19-10-15/h5-6,8-10,14,17,20H,3-4,7,11H2,1-2H3,(H,18,19)/t14-,17+/m0/s1. The molecule has 0 spiro atoms. The number of hydrogen-bond acceptors (Lipinski definition) is 4. The Balaban J connectivity index is 1.74. The van der Waals surface area contributed by atoms with Crippen molar-refractivity contribution in [3.8, 4) is 0 Å². The molecule has 24 heavy (non-hydrogen) atoms. The van der Waals surface area contributed by atoms with Gasteiger partial charge in [-0.05, 0) is 43.9 Å². The lowest BCUT2D eigenvalue weighted by molar-refractivity contribution is -0.0262. The number of aryl methyl sites for hydroxylation is 2. The van der Waals surface area contributed by atoms with Crippen molar-refractivity contribution >= 4 is 10.0 Å². The van der Waals surface area contributed by atoms with Gasteiger partial charge >= 0.3 is 0 Å². The van der Waals surface area contributed by atoms with Gasteiger partial charge in [0.2, 0.25) is 10.0 Å². The first-order valence-electron chi connectivity index (χ1n) is 8.14. The number of aromatic nitrogens is 2. The van der Waals surface area contributed by atoms with E-state index in [0.29, 0.717) is 18.0 Å². The predicted molar refractivity (Wildman–Crippen MR) is 91.1 cm³/mol. The number of rotatable bonds is 5. The molecule has 6 nitrogen and oxygen atoms in total. The van der Waals surface area contributed by atoms with Crippen molar-refractivity contribution in [3.05, 3.63) is 47.3 Å². The third kappa shape index (κ3) is 3.68. The van der Waals surface area contributed by atoms with Crippen LogP contribution in [0, 0.1) is 19.8 Å². The monoisotopic (exact) mass is 349 g/mol. The highest BCUT2D eigenvalue weighted by Gasteiger charge is 2.29. The van der Waals surface area contributed by atoms with Crippen LogP contribution in [-0.4, -0.2) is 31.8 Å². The summed E-state index contributed by atoms with van der Waals surface area (Å²) in [6.45, 7) is 4.75. The van der Waals surface area contributed by atoms with E-state index < -0.39 is 10.0 Å². The van der Waals surface area contributed by atoms with Crippen molar-refractivity contribution in [1.82, 2.24) is 14.9 Å². The molecule has 0 saturated carbocycles. The van der Waals surface area contributed by atoms with Crippen molar-refractivity contribution in [2.45, 2.75) is 37.7 Å². The SMILES string of the molecule is Cc1ccc(C)c(S(=O)(=O)NC[C@@H]2CCCO[C@H]2c2cn[nH]c2)c1. The maximum atomic E-state index is 12.7. The highest BCUT2D eigenvalue weighted by Crippen LogP contribution is 2.33. The predicted octanol–water partition coefficient (Wildman–Crippen LogP) is 2.47. The molecule has 2 atom stereocenters. The van der Waals surface area contributed by atoms with Crippen LogP contribution in [0.3, 0.4) is 0 Å². The molecule has 0 radical (unpaired) electrons. The summed E-state index contributed by atoms with van der Waals surface area (Å²) in [6.07, 6.45) is 5.28. The second kappa shape index (κ2) is 7.04. The first-order valence-corrected chi connectivity index (χ1v) is 9.63. The van der Waals surface area contributed by atoms with E-state index >= 15 is 0 Å². The van der Waals surface area contributed by atoms with Gasteiger partial charge in [-0.1, -0.05) is 12.1 Å². The average Bonchev–Trinajstić information content (AvgIpc) is 3.10. The number of aromatic amines is 1. The van der Waals surface area contributed by atoms with Crippen molar-refractivity contribution in [1.29, 1.82) is 0 Å². The molecular formula is C17H23N3O3S. The summed E-state index contributed by atoms with van der Waals surface area (Å²) in [5.41, 5.74) is 2.64. The van der Waals surface area contributed by atoms with Crippen molar-refractivity contribution < 1.29 is 13.2 Å². The Labute approximate surface area is 142 Å². The number of H-pyrrole nitrogens is 1. The smallest absolute Gasteiger partial charge is 0.240 e. The van der Waals surface area contributed by atoms with E-state index in [1.54, 1.807) is 12.3 Å². The minimum atomic E-state index is -3.53. The molecule has 7 heteroatoms. The molecule has 1 aromatic carbocycles. The fraction of sp³-hybridized carbons (Fsp3) is 0.471. The number of nitrogens with zero attached hydrogens (tertiary/aromatic N) is 1. The summed E-state index contributed by atoms with van der Waals surface area (Å²) in [6, 6.07) is 5.46. The lowest BCUT2D eigenvalue weighted by Gasteiger charge is -2.31. The second-order valence-electron chi connectivity index (χ2n) is 6.35. The number of hydrogen-bond donors (Lipinski definition) is 2. The van der Waals surface area contributed by atoms with Gasteiger partial charge < -0.3 is 4.74 Å². The zero-order valence-electron chi connectivity index (χ0n) is 14.0.